The number of benzene rings is 1. The van der Waals surface area contributed by atoms with Gasteiger partial charge in [-0.15, -0.1) is 0 Å². The molecule has 0 saturated carbocycles. The van der Waals surface area contributed by atoms with Gasteiger partial charge in [0, 0.05) is 36.6 Å². The highest BCUT2D eigenvalue weighted by molar-refractivity contribution is 6.74. The van der Waals surface area contributed by atoms with Crippen molar-refractivity contribution in [2.75, 3.05) is 11.9 Å². The van der Waals surface area contributed by atoms with Gasteiger partial charge >= 0.3 is 6.03 Å². The van der Waals surface area contributed by atoms with E-state index in [-0.39, 0.29) is 29.3 Å². The number of nitrogens with one attached hydrogen (secondary N) is 2. The van der Waals surface area contributed by atoms with Crippen LogP contribution >= 0.6 is 0 Å². The van der Waals surface area contributed by atoms with Crippen molar-refractivity contribution in [3.8, 4) is 0 Å². The second-order valence-corrected chi connectivity index (χ2v) is 14.5. The highest BCUT2D eigenvalue weighted by Crippen LogP contribution is 2.43. The fourth-order valence-electron chi connectivity index (χ4n) is 3.79. The number of anilines is 1. The predicted octanol–water partition coefficient (Wildman–Crippen LogP) is 4.29. The van der Waals surface area contributed by atoms with E-state index in [9.17, 15) is 4.79 Å². The van der Waals surface area contributed by atoms with E-state index in [1.807, 2.05) is 6.07 Å². The molecule has 1 aromatic carbocycles. The summed E-state index contributed by atoms with van der Waals surface area (Å²) in [6.45, 7) is 12.4. The van der Waals surface area contributed by atoms with Gasteiger partial charge in [0.1, 0.15) is 6.33 Å². The predicted molar refractivity (Wildman–Crippen MR) is 119 cm³/mol. The minimum atomic E-state index is -1.86. The Kier molecular flexibility index (Phi) is 5.50. The maximum absolute atomic E-state index is 12.1. The van der Waals surface area contributed by atoms with Gasteiger partial charge in [0.2, 0.25) is 0 Å². The van der Waals surface area contributed by atoms with Crippen molar-refractivity contribution in [2.24, 2.45) is 0 Å². The molecule has 3 heterocycles. The Labute approximate surface area is 179 Å². The van der Waals surface area contributed by atoms with Crippen LogP contribution in [0.4, 0.5) is 10.5 Å². The van der Waals surface area contributed by atoms with Gasteiger partial charge in [0.05, 0.1) is 24.9 Å². The van der Waals surface area contributed by atoms with Crippen LogP contribution in [0.25, 0.3) is 0 Å². The third kappa shape index (κ3) is 4.17. The van der Waals surface area contributed by atoms with Crippen molar-refractivity contribution in [1.29, 1.82) is 0 Å². The lowest BCUT2D eigenvalue weighted by molar-refractivity contribution is -0.0620. The molecule has 0 spiro atoms. The molecule has 1 aromatic heterocycles. The molecule has 2 aromatic rings. The van der Waals surface area contributed by atoms with Crippen molar-refractivity contribution in [3.05, 3.63) is 48.0 Å². The van der Waals surface area contributed by atoms with Gasteiger partial charge in [0.15, 0.2) is 8.32 Å². The van der Waals surface area contributed by atoms with E-state index in [0.717, 1.165) is 23.2 Å². The number of hydrogen-bond acceptors (Lipinski definition) is 5. The molecule has 4 rings (SSSR count). The molecule has 2 N–H and O–H groups in total. The first kappa shape index (κ1) is 21.1. The number of aromatic nitrogens is 2. The molecule has 2 aliphatic rings. The molecular formula is C22H32N4O3Si. The van der Waals surface area contributed by atoms with E-state index >= 15 is 0 Å². The lowest BCUT2D eigenvalue weighted by atomic mass is 9.89. The monoisotopic (exact) mass is 428 g/mol. The Hall–Kier alpha value is -2.16. The molecule has 8 heteroatoms. The van der Waals surface area contributed by atoms with Crippen LogP contribution in [0.5, 0.6) is 0 Å². The fourth-order valence-corrected chi connectivity index (χ4v) is 5.13. The average Bonchev–Trinajstić information content (AvgIpc) is 3.22. The molecule has 1 saturated heterocycles. The zero-order chi connectivity index (χ0) is 21.5. The highest BCUT2D eigenvalue weighted by atomic mass is 28.4. The molecular weight excluding hydrogens is 396 g/mol. The normalized spacial score (nSPS) is 23.4. The van der Waals surface area contributed by atoms with Gasteiger partial charge in [0.25, 0.3) is 0 Å². The first-order valence-corrected chi connectivity index (χ1v) is 13.5. The van der Waals surface area contributed by atoms with Crippen molar-refractivity contribution in [3.63, 3.8) is 0 Å². The van der Waals surface area contributed by atoms with Crippen molar-refractivity contribution >= 4 is 20.0 Å². The number of carbonyl (C=O) groups is 1. The van der Waals surface area contributed by atoms with Gasteiger partial charge in [-0.2, -0.15) is 0 Å². The van der Waals surface area contributed by atoms with Crippen LogP contribution < -0.4 is 10.6 Å². The fraction of sp³-hybridized carbons (Fsp3) is 0.545. The molecule has 2 aliphatic heterocycles. The summed E-state index contributed by atoms with van der Waals surface area (Å²) in [6.07, 6.45) is 5.74. The van der Waals surface area contributed by atoms with Crippen LogP contribution in [-0.2, 0) is 15.7 Å². The van der Waals surface area contributed by atoms with Gasteiger partial charge in [-0.05, 0) is 35.8 Å². The standard InChI is InChI=1S/C22H32N4O3Si/c1-22(2,3)30(4,5)29-20-13-28-19-11-18(20)25-17-7-6-15(10-16(17)19)12-24-21(27)26-9-8-23-14-26/h6-10,14,18-20,25H,11-13H2,1-5H3,(H,24,27)/t18-,19-,20-/m1/s1. The molecule has 1 fully saturated rings. The molecule has 30 heavy (non-hydrogen) atoms. The first-order chi connectivity index (χ1) is 14.1. The zero-order valence-corrected chi connectivity index (χ0v) is 19.4. The molecule has 3 atom stereocenters. The molecule has 2 bridgehead atoms. The highest BCUT2D eigenvalue weighted by Gasteiger charge is 2.44. The second kappa shape index (κ2) is 7.83. The first-order valence-electron chi connectivity index (χ1n) is 10.6. The summed E-state index contributed by atoms with van der Waals surface area (Å²) >= 11 is 0. The summed E-state index contributed by atoms with van der Waals surface area (Å²) in [5.74, 6) is 0. The van der Waals surface area contributed by atoms with E-state index in [2.05, 4.69) is 61.6 Å². The molecule has 1 amide bonds. The summed E-state index contributed by atoms with van der Waals surface area (Å²) in [4.78, 5) is 16.0. The van der Waals surface area contributed by atoms with Gasteiger partial charge < -0.3 is 19.8 Å². The largest absolute Gasteiger partial charge is 0.409 e. The number of rotatable bonds is 4. The summed E-state index contributed by atoms with van der Waals surface area (Å²) < 4.78 is 14.3. The van der Waals surface area contributed by atoms with E-state index in [1.54, 1.807) is 12.4 Å². The number of carbonyl (C=O) groups excluding carboxylic acids is 1. The van der Waals surface area contributed by atoms with Gasteiger partial charge in [-0.1, -0.05) is 26.8 Å². The second-order valence-electron chi connectivity index (χ2n) is 9.78. The van der Waals surface area contributed by atoms with Crippen LogP contribution in [0, 0.1) is 0 Å². The van der Waals surface area contributed by atoms with Crippen LogP contribution in [0.1, 0.15) is 44.4 Å². The number of imidazole rings is 1. The lowest BCUT2D eigenvalue weighted by Crippen LogP contribution is -2.54. The van der Waals surface area contributed by atoms with Crippen LogP contribution in [-0.4, -0.2) is 42.7 Å². The van der Waals surface area contributed by atoms with Crippen molar-refractivity contribution in [2.45, 2.75) is 70.1 Å². The summed E-state index contributed by atoms with van der Waals surface area (Å²) in [5.41, 5.74) is 3.31. The van der Waals surface area contributed by atoms with E-state index in [1.165, 1.54) is 10.9 Å². The molecule has 162 valence electrons. The van der Waals surface area contributed by atoms with E-state index in [4.69, 9.17) is 9.16 Å². The Morgan fingerprint density at radius 3 is 2.90 bits per heavy atom. The number of fused-ring (bicyclic) bond motifs is 4. The SMILES string of the molecule is CC(C)(C)[Si](C)(C)O[C@@H]1CO[C@@H]2C[C@H]1Nc1ccc(CNC(=O)n3ccnc3)cc12. The molecule has 0 aliphatic carbocycles. The third-order valence-corrected chi connectivity index (χ3v) is 11.1. The maximum atomic E-state index is 12.1. The molecule has 0 radical (unpaired) electrons. The van der Waals surface area contributed by atoms with E-state index < -0.39 is 8.32 Å². The minimum absolute atomic E-state index is 0.0646. The summed E-state index contributed by atoms with van der Waals surface area (Å²) in [5, 5.41) is 6.78. The summed E-state index contributed by atoms with van der Waals surface area (Å²) in [7, 11) is -1.86. The summed E-state index contributed by atoms with van der Waals surface area (Å²) in [6, 6.07) is 6.34. The number of ether oxygens (including phenoxy) is 1. The quantitative estimate of drug-likeness (QED) is 0.711. The number of amides is 1. The Balaban J connectivity index is 1.43. The molecule has 0 unspecified atom stereocenters. The molecule has 7 nitrogen and oxygen atoms in total. The van der Waals surface area contributed by atoms with Crippen LogP contribution in [0.2, 0.25) is 18.1 Å². The number of nitrogens with zero attached hydrogens (tertiary/aromatic N) is 2. The Bertz CT molecular complexity index is 908. The van der Waals surface area contributed by atoms with E-state index in [0.29, 0.717) is 13.2 Å². The third-order valence-electron chi connectivity index (χ3n) is 6.62. The maximum Gasteiger partial charge on any atom is 0.327 e. The van der Waals surface area contributed by atoms with Crippen LogP contribution in [0.15, 0.2) is 36.9 Å². The Morgan fingerprint density at radius 2 is 2.20 bits per heavy atom. The Morgan fingerprint density at radius 1 is 1.40 bits per heavy atom. The van der Waals surface area contributed by atoms with Crippen molar-refractivity contribution in [1.82, 2.24) is 14.9 Å². The number of hydrogen-bond donors (Lipinski definition) is 2. The average molecular weight is 429 g/mol. The van der Waals surface area contributed by atoms with Crippen molar-refractivity contribution < 1.29 is 14.0 Å². The van der Waals surface area contributed by atoms with Gasteiger partial charge in [-0.25, -0.2) is 9.78 Å². The topological polar surface area (TPSA) is 77.4 Å². The zero-order valence-electron chi connectivity index (χ0n) is 18.4. The van der Waals surface area contributed by atoms with Gasteiger partial charge in [-0.3, -0.25) is 4.57 Å². The smallest absolute Gasteiger partial charge is 0.327 e. The minimum Gasteiger partial charge on any atom is -0.409 e. The lowest BCUT2D eigenvalue weighted by Gasteiger charge is -2.47. The van der Waals surface area contributed by atoms with Crippen LogP contribution in [0.3, 0.4) is 0 Å².